The van der Waals surface area contributed by atoms with E-state index in [0.717, 1.165) is 6.26 Å². The minimum absolute atomic E-state index is 0.209. The van der Waals surface area contributed by atoms with Crippen molar-refractivity contribution in [3.63, 3.8) is 0 Å². The Kier molecular flexibility index (Phi) is 4.81. The second-order valence-electron chi connectivity index (χ2n) is 6.12. The number of rotatable bonds is 3. The molecule has 0 saturated carbocycles. The van der Waals surface area contributed by atoms with Gasteiger partial charge in [-0.25, -0.2) is 8.42 Å². The van der Waals surface area contributed by atoms with E-state index in [1.54, 1.807) is 20.8 Å². The summed E-state index contributed by atoms with van der Waals surface area (Å²) in [5.74, 6) is -2.71. The molecule has 0 aliphatic carbocycles. The highest BCUT2D eigenvalue weighted by Gasteiger charge is 2.41. The summed E-state index contributed by atoms with van der Waals surface area (Å²) < 4.78 is 24.1. The van der Waals surface area contributed by atoms with E-state index in [1.165, 1.54) is 9.21 Å². The number of hydrogen-bond donors (Lipinski definition) is 1. The van der Waals surface area contributed by atoms with Crippen LogP contribution in [0.1, 0.15) is 20.8 Å². The number of nitrogens with zero attached hydrogens (tertiary/aromatic N) is 2. The molecule has 1 rings (SSSR count). The first-order chi connectivity index (χ1) is 8.94. The SMILES string of the molecule is CC(C)(C)C(C(=O)O)C(=O)N1CCN(S(C)(=O)=O)CC1. The molecule has 0 aromatic carbocycles. The molecule has 1 fully saturated rings. The van der Waals surface area contributed by atoms with Crippen LogP contribution in [0.3, 0.4) is 0 Å². The average molecular weight is 306 g/mol. The Hall–Kier alpha value is -1.15. The Labute approximate surface area is 119 Å². The van der Waals surface area contributed by atoms with E-state index in [0.29, 0.717) is 0 Å². The average Bonchev–Trinajstić information content (AvgIpc) is 2.25. The molecule has 8 heteroatoms. The molecule has 1 saturated heterocycles. The minimum atomic E-state index is -3.26. The lowest BCUT2D eigenvalue weighted by Gasteiger charge is -2.37. The normalized spacial score (nSPS) is 19.7. The molecule has 0 spiro atoms. The Morgan fingerprint density at radius 3 is 1.85 bits per heavy atom. The molecule has 116 valence electrons. The molecule has 1 atom stereocenters. The summed E-state index contributed by atoms with van der Waals surface area (Å²) >= 11 is 0. The number of carbonyl (C=O) groups is 2. The van der Waals surface area contributed by atoms with Gasteiger partial charge >= 0.3 is 5.97 Å². The number of amides is 1. The number of carboxylic acid groups (broad SMARTS) is 1. The number of hydrogen-bond acceptors (Lipinski definition) is 4. The topological polar surface area (TPSA) is 95.0 Å². The van der Waals surface area contributed by atoms with E-state index in [1.807, 2.05) is 0 Å². The maximum atomic E-state index is 12.3. The molecule has 1 aliphatic rings. The molecular formula is C12H22N2O5S. The lowest BCUT2D eigenvalue weighted by atomic mass is 9.79. The quantitative estimate of drug-likeness (QED) is 0.731. The van der Waals surface area contributed by atoms with Gasteiger partial charge in [-0.15, -0.1) is 0 Å². The van der Waals surface area contributed by atoms with Crippen LogP contribution in [0.2, 0.25) is 0 Å². The molecule has 0 radical (unpaired) electrons. The molecule has 1 aliphatic heterocycles. The van der Waals surface area contributed by atoms with Gasteiger partial charge in [-0.3, -0.25) is 9.59 Å². The zero-order valence-electron chi connectivity index (χ0n) is 12.3. The van der Waals surface area contributed by atoms with Crippen LogP contribution in [0, 0.1) is 11.3 Å². The van der Waals surface area contributed by atoms with E-state index >= 15 is 0 Å². The zero-order chi connectivity index (χ0) is 15.7. The fourth-order valence-corrected chi connectivity index (χ4v) is 3.10. The van der Waals surface area contributed by atoms with Crippen molar-refractivity contribution in [3.05, 3.63) is 0 Å². The molecule has 1 unspecified atom stereocenters. The number of piperazine rings is 1. The summed E-state index contributed by atoms with van der Waals surface area (Å²) in [4.78, 5) is 25.1. The van der Waals surface area contributed by atoms with Crippen molar-refractivity contribution >= 4 is 21.9 Å². The summed E-state index contributed by atoms with van der Waals surface area (Å²) in [5.41, 5.74) is -0.684. The summed E-state index contributed by atoms with van der Waals surface area (Å²) in [6.07, 6.45) is 1.12. The summed E-state index contributed by atoms with van der Waals surface area (Å²) in [5, 5.41) is 9.24. The third-order valence-electron chi connectivity index (χ3n) is 3.38. The van der Waals surface area contributed by atoms with E-state index in [9.17, 15) is 23.1 Å². The summed E-state index contributed by atoms with van der Waals surface area (Å²) in [6, 6.07) is 0. The van der Waals surface area contributed by atoms with Gasteiger partial charge < -0.3 is 10.0 Å². The number of sulfonamides is 1. The van der Waals surface area contributed by atoms with Gasteiger partial charge in [-0.1, -0.05) is 20.8 Å². The molecule has 0 aromatic heterocycles. The van der Waals surface area contributed by atoms with Crippen LogP contribution in [-0.4, -0.2) is 67.0 Å². The van der Waals surface area contributed by atoms with Gasteiger partial charge in [0.15, 0.2) is 0 Å². The van der Waals surface area contributed by atoms with E-state index < -0.39 is 33.2 Å². The standard InChI is InChI=1S/C12H22N2O5S/c1-12(2,3)9(11(16)17)10(15)13-5-7-14(8-6-13)20(4,18)19/h9H,5-8H2,1-4H3,(H,16,17). The predicted octanol–water partition coefficient (Wildman–Crippen LogP) is -0.163. The molecule has 1 amide bonds. The first-order valence-electron chi connectivity index (χ1n) is 6.41. The Morgan fingerprint density at radius 2 is 1.55 bits per heavy atom. The summed E-state index contributed by atoms with van der Waals surface area (Å²) in [7, 11) is -3.26. The fourth-order valence-electron chi connectivity index (χ4n) is 2.27. The largest absolute Gasteiger partial charge is 0.481 e. The Bertz CT molecular complexity index is 486. The monoisotopic (exact) mass is 306 g/mol. The van der Waals surface area contributed by atoms with Gasteiger partial charge in [0, 0.05) is 26.2 Å². The molecule has 0 bridgehead atoms. The third kappa shape index (κ3) is 3.92. The first-order valence-corrected chi connectivity index (χ1v) is 8.26. The molecule has 0 aromatic rings. The lowest BCUT2D eigenvalue weighted by molar-refractivity contribution is -0.156. The van der Waals surface area contributed by atoms with Crippen molar-refractivity contribution in [1.29, 1.82) is 0 Å². The highest BCUT2D eigenvalue weighted by Crippen LogP contribution is 2.28. The van der Waals surface area contributed by atoms with Crippen LogP contribution in [0.15, 0.2) is 0 Å². The minimum Gasteiger partial charge on any atom is -0.481 e. The Morgan fingerprint density at radius 1 is 1.10 bits per heavy atom. The zero-order valence-corrected chi connectivity index (χ0v) is 13.1. The van der Waals surface area contributed by atoms with Gasteiger partial charge in [-0.2, -0.15) is 4.31 Å². The van der Waals surface area contributed by atoms with Gasteiger partial charge in [0.25, 0.3) is 0 Å². The van der Waals surface area contributed by atoms with Crippen molar-refractivity contribution in [3.8, 4) is 0 Å². The van der Waals surface area contributed by atoms with Gasteiger partial charge in [-0.05, 0) is 5.41 Å². The van der Waals surface area contributed by atoms with E-state index in [2.05, 4.69) is 0 Å². The van der Waals surface area contributed by atoms with E-state index in [4.69, 9.17) is 0 Å². The maximum Gasteiger partial charge on any atom is 0.316 e. The van der Waals surface area contributed by atoms with Crippen LogP contribution in [-0.2, 0) is 19.6 Å². The van der Waals surface area contributed by atoms with Gasteiger partial charge in [0.1, 0.15) is 5.92 Å². The van der Waals surface area contributed by atoms with Crippen molar-refractivity contribution in [2.45, 2.75) is 20.8 Å². The van der Waals surface area contributed by atoms with Crippen LogP contribution in [0.25, 0.3) is 0 Å². The van der Waals surface area contributed by atoms with Gasteiger partial charge in [0.2, 0.25) is 15.9 Å². The molecule has 7 nitrogen and oxygen atoms in total. The second-order valence-corrected chi connectivity index (χ2v) is 8.11. The molecule has 1 heterocycles. The second kappa shape index (κ2) is 5.69. The van der Waals surface area contributed by atoms with Gasteiger partial charge in [0.05, 0.1) is 6.26 Å². The highest BCUT2D eigenvalue weighted by molar-refractivity contribution is 7.88. The van der Waals surface area contributed by atoms with Crippen molar-refractivity contribution in [2.75, 3.05) is 32.4 Å². The number of aliphatic carboxylic acids is 1. The molecule has 1 N–H and O–H groups in total. The molecular weight excluding hydrogens is 284 g/mol. The predicted molar refractivity (Wildman–Crippen MR) is 73.6 cm³/mol. The van der Waals surface area contributed by atoms with E-state index in [-0.39, 0.29) is 26.2 Å². The highest BCUT2D eigenvalue weighted by atomic mass is 32.2. The van der Waals surface area contributed by atoms with Crippen LogP contribution in [0.4, 0.5) is 0 Å². The lowest BCUT2D eigenvalue weighted by Crippen LogP contribution is -2.54. The van der Waals surface area contributed by atoms with Crippen LogP contribution < -0.4 is 0 Å². The Balaban J connectivity index is 2.78. The van der Waals surface area contributed by atoms with Crippen LogP contribution >= 0.6 is 0 Å². The number of carbonyl (C=O) groups excluding carboxylic acids is 1. The van der Waals surface area contributed by atoms with Crippen molar-refractivity contribution in [2.24, 2.45) is 11.3 Å². The molecule has 20 heavy (non-hydrogen) atoms. The summed E-state index contributed by atoms with van der Waals surface area (Å²) in [6.45, 7) is 5.99. The van der Waals surface area contributed by atoms with Crippen LogP contribution in [0.5, 0.6) is 0 Å². The number of carboxylic acids is 1. The first kappa shape index (κ1) is 16.9. The third-order valence-corrected chi connectivity index (χ3v) is 4.68. The maximum absolute atomic E-state index is 12.3. The smallest absolute Gasteiger partial charge is 0.316 e. The fraction of sp³-hybridized carbons (Fsp3) is 0.833. The van der Waals surface area contributed by atoms with Crippen molar-refractivity contribution in [1.82, 2.24) is 9.21 Å². The van der Waals surface area contributed by atoms with Crippen molar-refractivity contribution < 1.29 is 23.1 Å².